The van der Waals surface area contributed by atoms with Crippen LogP contribution in [0.1, 0.15) is 48.3 Å². The van der Waals surface area contributed by atoms with Crippen molar-refractivity contribution in [3.05, 3.63) is 34.9 Å². The topological polar surface area (TPSA) is 40.9 Å². The predicted molar refractivity (Wildman–Crippen MR) is 71.2 cm³/mol. The fraction of sp³-hybridized carbons (Fsp3) is 0.500. The van der Waals surface area contributed by atoms with Gasteiger partial charge in [-0.25, -0.2) is 0 Å². The molecule has 0 bridgehead atoms. The molecule has 0 radical (unpaired) electrons. The van der Waals surface area contributed by atoms with Gasteiger partial charge in [0.2, 0.25) is 0 Å². The molecule has 18 heavy (non-hydrogen) atoms. The lowest BCUT2D eigenvalue weighted by atomic mass is 9.85. The zero-order valence-corrected chi connectivity index (χ0v) is 11.1. The molecule has 2 nitrogen and oxygen atoms in total. The number of carbonyl (C=O) groups is 1. The summed E-state index contributed by atoms with van der Waals surface area (Å²) in [5.41, 5.74) is 3.11. The molecule has 1 saturated carbocycles. The molecule has 2 rings (SSSR count). The molecule has 1 aromatic carbocycles. The van der Waals surface area contributed by atoms with Crippen molar-refractivity contribution >= 4 is 5.78 Å². The first kappa shape index (κ1) is 12.8. The van der Waals surface area contributed by atoms with Crippen LogP contribution in [0.15, 0.2) is 18.2 Å². The Morgan fingerprint density at radius 2 is 2.00 bits per heavy atom. The second-order valence-corrected chi connectivity index (χ2v) is 5.31. The van der Waals surface area contributed by atoms with Crippen LogP contribution in [0.4, 0.5) is 0 Å². The van der Waals surface area contributed by atoms with Crippen molar-refractivity contribution in [2.45, 2.75) is 45.4 Å². The SMILES string of the molecule is Cc1ccc(C(C#N)C(=O)C2CCCC2)c(C)c1. The number of benzene rings is 1. The Balaban J connectivity index is 2.28. The van der Waals surface area contributed by atoms with Gasteiger partial charge in [0.25, 0.3) is 0 Å². The zero-order chi connectivity index (χ0) is 13.1. The Bertz CT molecular complexity index is 492. The highest BCUT2D eigenvalue weighted by atomic mass is 16.1. The normalized spacial score (nSPS) is 17.4. The molecule has 0 amide bonds. The van der Waals surface area contributed by atoms with Crippen LogP contribution in [0.3, 0.4) is 0 Å². The van der Waals surface area contributed by atoms with Crippen molar-refractivity contribution in [2.24, 2.45) is 5.92 Å². The summed E-state index contributed by atoms with van der Waals surface area (Å²) in [6.07, 6.45) is 4.17. The van der Waals surface area contributed by atoms with Crippen molar-refractivity contribution in [3.63, 3.8) is 0 Å². The molecule has 0 heterocycles. The lowest BCUT2D eigenvalue weighted by molar-refractivity contribution is -0.123. The van der Waals surface area contributed by atoms with E-state index in [1.807, 2.05) is 32.0 Å². The molecule has 1 atom stereocenters. The molecule has 1 unspecified atom stereocenters. The molecule has 1 fully saturated rings. The number of hydrogen-bond donors (Lipinski definition) is 0. The highest BCUT2D eigenvalue weighted by molar-refractivity contribution is 5.90. The third-order valence-electron chi connectivity index (χ3n) is 3.91. The number of rotatable bonds is 3. The molecule has 1 aromatic rings. The summed E-state index contributed by atoms with van der Waals surface area (Å²) in [6, 6.07) is 8.17. The van der Waals surface area contributed by atoms with Crippen molar-refractivity contribution in [3.8, 4) is 6.07 Å². The second-order valence-electron chi connectivity index (χ2n) is 5.31. The van der Waals surface area contributed by atoms with Gasteiger partial charge in [-0.15, -0.1) is 0 Å². The maximum Gasteiger partial charge on any atom is 0.157 e. The number of Topliss-reactive ketones (excluding diaryl/α,β-unsaturated/α-hetero) is 1. The minimum absolute atomic E-state index is 0.107. The second kappa shape index (κ2) is 5.35. The fourth-order valence-electron chi connectivity index (χ4n) is 2.88. The monoisotopic (exact) mass is 241 g/mol. The maximum atomic E-state index is 12.4. The fourth-order valence-corrected chi connectivity index (χ4v) is 2.88. The number of ketones is 1. The van der Waals surface area contributed by atoms with Crippen molar-refractivity contribution in [1.82, 2.24) is 0 Å². The Morgan fingerprint density at radius 3 is 2.56 bits per heavy atom. The third kappa shape index (κ3) is 2.46. The molecular formula is C16H19NO. The molecule has 0 spiro atoms. The zero-order valence-electron chi connectivity index (χ0n) is 11.1. The first-order valence-corrected chi connectivity index (χ1v) is 6.64. The van der Waals surface area contributed by atoms with E-state index >= 15 is 0 Å². The van der Waals surface area contributed by atoms with Crippen molar-refractivity contribution in [1.29, 1.82) is 5.26 Å². The van der Waals surface area contributed by atoms with Gasteiger partial charge in [0, 0.05) is 5.92 Å². The smallest absolute Gasteiger partial charge is 0.157 e. The Morgan fingerprint density at radius 1 is 1.33 bits per heavy atom. The van der Waals surface area contributed by atoms with E-state index in [0.29, 0.717) is 0 Å². The predicted octanol–water partition coefficient (Wildman–Crippen LogP) is 3.67. The number of nitriles is 1. The van der Waals surface area contributed by atoms with Crippen LogP contribution >= 0.6 is 0 Å². The van der Waals surface area contributed by atoms with Crippen molar-refractivity contribution in [2.75, 3.05) is 0 Å². The van der Waals surface area contributed by atoms with Gasteiger partial charge in [-0.1, -0.05) is 36.6 Å². The van der Waals surface area contributed by atoms with E-state index in [9.17, 15) is 10.1 Å². The van der Waals surface area contributed by atoms with E-state index < -0.39 is 5.92 Å². The average molecular weight is 241 g/mol. The van der Waals surface area contributed by atoms with Gasteiger partial charge in [-0.05, 0) is 37.8 Å². The standard InChI is InChI=1S/C16H19NO/c1-11-7-8-14(12(2)9-11)15(10-17)16(18)13-5-3-4-6-13/h7-9,13,15H,3-6H2,1-2H3. The van der Waals surface area contributed by atoms with E-state index in [1.54, 1.807) is 0 Å². The number of nitrogens with zero attached hydrogens (tertiary/aromatic N) is 1. The maximum absolute atomic E-state index is 12.4. The van der Waals surface area contributed by atoms with E-state index in [4.69, 9.17) is 0 Å². The lowest BCUT2D eigenvalue weighted by Crippen LogP contribution is -2.19. The largest absolute Gasteiger partial charge is 0.298 e. The molecular weight excluding hydrogens is 222 g/mol. The first-order chi connectivity index (χ1) is 8.63. The van der Waals surface area contributed by atoms with Crippen LogP contribution in [0, 0.1) is 31.1 Å². The molecule has 2 heteroatoms. The van der Waals surface area contributed by atoms with Crippen LogP contribution in [0.2, 0.25) is 0 Å². The summed E-state index contributed by atoms with van der Waals surface area (Å²) < 4.78 is 0. The Labute approximate surface area is 109 Å². The summed E-state index contributed by atoms with van der Waals surface area (Å²) in [5.74, 6) is -0.342. The average Bonchev–Trinajstić information content (AvgIpc) is 2.86. The van der Waals surface area contributed by atoms with Crippen LogP contribution in [-0.2, 0) is 4.79 Å². The lowest BCUT2D eigenvalue weighted by Gasteiger charge is -2.15. The first-order valence-electron chi connectivity index (χ1n) is 6.64. The molecule has 0 aliphatic heterocycles. The highest BCUT2D eigenvalue weighted by Gasteiger charge is 2.30. The van der Waals surface area contributed by atoms with Gasteiger partial charge >= 0.3 is 0 Å². The van der Waals surface area contributed by atoms with Crippen LogP contribution in [0.5, 0.6) is 0 Å². The molecule has 0 N–H and O–H groups in total. The van der Waals surface area contributed by atoms with Gasteiger partial charge in [-0.2, -0.15) is 5.26 Å². The minimum atomic E-state index is -0.575. The molecule has 0 saturated heterocycles. The van der Waals surface area contributed by atoms with Crippen molar-refractivity contribution < 1.29 is 4.79 Å². The van der Waals surface area contributed by atoms with Crippen LogP contribution < -0.4 is 0 Å². The summed E-state index contributed by atoms with van der Waals surface area (Å²) in [7, 11) is 0. The quantitative estimate of drug-likeness (QED) is 0.810. The Hall–Kier alpha value is -1.62. The van der Waals surface area contributed by atoms with Gasteiger partial charge in [0.15, 0.2) is 5.78 Å². The number of carbonyl (C=O) groups excluding carboxylic acids is 1. The van der Waals surface area contributed by atoms with Gasteiger partial charge in [0.1, 0.15) is 5.92 Å². The highest BCUT2D eigenvalue weighted by Crippen LogP contribution is 2.32. The summed E-state index contributed by atoms with van der Waals surface area (Å²) in [6.45, 7) is 4.01. The summed E-state index contributed by atoms with van der Waals surface area (Å²) >= 11 is 0. The van der Waals surface area contributed by atoms with E-state index in [-0.39, 0.29) is 11.7 Å². The van der Waals surface area contributed by atoms with Crippen LogP contribution in [0.25, 0.3) is 0 Å². The van der Waals surface area contributed by atoms with E-state index in [1.165, 1.54) is 5.56 Å². The number of aryl methyl sites for hydroxylation is 2. The Kier molecular flexibility index (Phi) is 3.81. The van der Waals surface area contributed by atoms with Gasteiger partial charge in [0.05, 0.1) is 6.07 Å². The molecule has 1 aliphatic rings. The number of hydrogen-bond acceptors (Lipinski definition) is 2. The summed E-state index contributed by atoms with van der Waals surface area (Å²) in [5, 5.41) is 9.33. The minimum Gasteiger partial charge on any atom is -0.298 e. The molecule has 1 aliphatic carbocycles. The molecule has 94 valence electrons. The van der Waals surface area contributed by atoms with Gasteiger partial charge < -0.3 is 0 Å². The summed E-state index contributed by atoms with van der Waals surface area (Å²) in [4.78, 5) is 12.4. The van der Waals surface area contributed by atoms with E-state index in [2.05, 4.69) is 6.07 Å². The molecule has 0 aromatic heterocycles. The van der Waals surface area contributed by atoms with E-state index in [0.717, 1.165) is 36.8 Å². The van der Waals surface area contributed by atoms with Gasteiger partial charge in [-0.3, -0.25) is 4.79 Å². The third-order valence-corrected chi connectivity index (χ3v) is 3.91. The van der Waals surface area contributed by atoms with Crippen LogP contribution in [-0.4, -0.2) is 5.78 Å².